The molecule has 0 spiro atoms. The van der Waals surface area contributed by atoms with E-state index in [1.165, 1.54) is 5.56 Å². The number of pyridine rings is 1. The summed E-state index contributed by atoms with van der Waals surface area (Å²) in [5.74, 6) is 0.758. The molecular formula is C22H28N2O3. The zero-order chi connectivity index (χ0) is 19.0. The first kappa shape index (κ1) is 19.4. The van der Waals surface area contributed by atoms with Crippen LogP contribution in [0.1, 0.15) is 31.7 Å². The maximum Gasteiger partial charge on any atom is 0.312 e. The SMILES string of the molecule is CCOC(=O)C1(CCOc2ccccc2)CCN(Cc2cccnc2)CC1. The van der Waals surface area contributed by atoms with Gasteiger partial charge in [-0.1, -0.05) is 24.3 Å². The largest absolute Gasteiger partial charge is 0.494 e. The Morgan fingerprint density at radius 2 is 1.93 bits per heavy atom. The Morgan fingerprint density at radius 1 is 1.15 bits per heavy atom. The molecule has 0 aliphatic carbocycles. The summed E-state index contributed by atoms with van der Waals surface area (Å²) in [5.41, 5.74) is 0.754. The molecule has 1 aromatic heterocycles. The number of hydrogen-bond acceptors (Lipinski definition) is 5. The first-order valence-electron chi connectivity index (χ1n) is 9.68. The average Bonchev–Trinajstić information content (AvgIpc) is 2.71. The lowest BCUT2D eigenvalue weighted by atomic mass is 9.75. The molecule has 2 heterocycles. The van der Waals surface area contributed by atoms with Crippen molar-refractivity contribution in [3.05, 3.63) is 60.4 Å². The van der Waals surface area contributed by atoms with E-state index < -0.39 is 5.41 Å². The molecule has 0 saturated carbocycles. The van der Waals surface area contributed by atoms with Crippen molar-refractivity contribution in [3.8, 4) is 5.75 Å². The second-order valence-electron chi connectivity index (χ2n) is 7.05. The van der Waals surface area contributed by atoms with Crippen molar-refractivity contribution in [2.24, 2.45) is 5.41 Å². The Kier molecular flexibility index (Phi) is 6.82. The van der Waals surface area contributed by atoms with E-state index in [2.05, 4.69) is 16.0 Å². The van der Waals surface area contributed by atoms with E-state index in [0.717, 1.165) is 38.2 Å². The van der Waals surface area contributed by atoms with Gasteiger partial charge in [-0.3, -0.25) is 14.7 Å². The highest BCUT2D eigenvalue weighted by atomic mass is 16.5. The molecule has 5 nitrogen and oxygen atoms in total. The second-order valence-corrected chi connectivity index (χ2v) is 7.05. The first-order valence-corrected chi connectivity index (χ1v) is 9.68. The van der Waals surface area contributed by atoms with Crippen molar-refractivity contribution in [2.45, 2.75) is 32.7 Å². The summed E-state index contributed by atoms with van der Waals surface area (Å²) in [4.78, 5) is 19.3. The maximum absolute atomic E-state index is 12.7. The number of piperidine rings is 1. The minimum Gasteiger partial charge on any atom is -0.494 e. The Morgan fingerprint density at radius 3 is 2.59 bits per heavy atom. The summed E-state index contributed by atoms with van der Waals surface area (Å²) in [7, 11) is 0. The van der Waals surface area contributed by atoms with E-state index >= 15 is 0 Å². The highest BCUT2D eigenvalue weighted by molar-refractivity contribution is 5.77. The third kappa shape index (κ3) is 5.30. The van der Waals surface area contributed by atoms with Gasteiger partial charge in [0.05, 0.1) is 18.6 Å². The number of carbonyl (C=O) groups excluding carboxylic acids is 1. The van der Waals surface area contributed by atoms with E-state index in [1.807, 2.05) is 49.5 Å². The maximum atomic E-state index is 12.7. The summed E-state index contributed by atoms with van der Waals surface area (Å²) in [6.45, 7) is 5.42. The zero-order valence-electron chi connectivity index (χ0n) is 16.0. The van der Waals surface area contributed by atoms with Gasteiger partial charge >= 0.3 is 5.97 Å². The molecule has 27 heavy (non-hydrogen) atoms. The van der Waals surface area contributed by atoms with Crippen LogP contribution in [0.15, 0.2) is 54.9 Å². The van der Waals surface area contributed by atoms with Gasteiger partial charge in [0.2, 0.25) is 0 Å². The number of benzene rings is 1. The molecule has 3 rings (SSSR count). The van der Waals surface area contributed by atoms with E-state index in [4.69, 9.17) is 9.47 Å². The number of likely N-dealkylation sites (tertiary alicyclic amines) is 1. The van der Waals surface area contributed by atoms with Gasteiger partial charge in [0, 0.05) is 18.9 Å². The Bertz CT molecular complexity index is 698. The lowest BCUT2D eigenvalue weighted by Gasteiger charge is -2.39. The Balaban J connectivity index is 1.58. The monoisotopic (exact) mass is 368 g/mol. The molecule has 2 aromatic rings. The van der Waals surface area contributed by atoms with Gasteiger partial charge in [-0.05, 0) is 63.0 Å². The molecule has 0 bridgehead atoms. The first-order chi connectivity index (χ1) is 13.2. The van der Waals surface area contributed by atoms with Crippen LogP contribution in [0.25, 0.3) is 0 Å². The molecule has 1 aliphatic heterocycles. The van der Waals surface area contributed by atoms with Crippen molar-refractivity contribution >= 4 is 5.97 Å². The van der Waals surface area contributed by atoms with Crippen LogP contribution >= 0.6 is 0 Å². The number of esters is 1. The molecule has 0 N–H and O–H groups in total. The highest BCUT2D eigenvalue weighted by Gasteiger charge is 2.42. The van der Waals surface area contributed by atoms with Crippen LogP contribution in [0.4, 0.5) is 0 Å². The fraction of sp³-hybridized carbons (Fsp3) is 0.455. The summed E-state index contributed by atoms with van der Waals surface area (Å²) in [6.07, 6.45) is 5.97. The minimum atomic E-state index is -0.448. The fourth-order valence-electron chi connectivity index (χ4n) is 3.61. The smallest absolute Gasteiger partial charge is 0.312 e. The van der Waals surface area contributed by atoms with E-state index in [0.29, 0.717) is 19.6 Å². The molecule has 1 fully saturated rings. The summed E-state index contributed by atoms with van der Waals surface area (Å²) < 4.78 is 11.3. The number of para-hydroxylation sites is 1. The number of hydrogen-bond donors (Lipinski definition) is 0. The minimum absolute atomic E-state index is 0.0808. The van der Waals surface area contributed by atoms with Crippen molar-refractivity contribution in [2.75, 3.05) is 26.3 Å². The van der Waals surface area contributed by atoms with Crippen LogP contribution in [-0.4, -0.2) is 42.2 Å². The molecule has 0 unspecified atom stereocenters. The zero-order valence-corrected chi connectivity index (χ0v) is 16.0. The van der Waals surface area contributed by atoms with Crippen molar-refractivity contribution in [3.63, 3.8) is 0 Å². The summed E-state index contributed by atoms with van der Waals surface area (Å²) in [5, 5.41) is 0. The Labute approximate surface area is 161 Å². The van der Waals surface area contributed by atoms with Crippen molar-refractivity contribution < 1.29 is 14.3 Å². The van der Waals surface area contributed by atoms with E-state index in [-0.39, 0.29) is 5.97 Å². The molecule has 1 aliphatic rings. The standard InChI is InChI=1S/C22H28N2O3/c1-2-26-21(25)22(12-16-27-20-8-4-3-5-9-20)10-14-24(15-11-22)18-19-7-6-13-23-17-19/h3-9,13,17H,2,10-12,14-16,18H2,1H3. The molecule has 0 amide bonds. The molecule has 1 aromatic carbocycles. The average molecular weight is 368 g/mol. The van der Waals surface area contributed by atoms with Gasteiger partial charge in [0.1, 0.15) is 5.75 Å². The van der Waals surface area contributed by atoms with Crippen LogP contribution in [0.3, 0.4) is 0 Å². The van der Waals surface area contributed by atoms with Crippen LogP contribution in [0.5, 0.6) is 5.75 Å². The Hall–Kier alpha value is -2.40. The van der Waals surface area contributed by atoms with E-state index in [9.17, 15) is 4.79 Å². The topological polar surface area (TPSA) is 51.7 Å². The molecular weight excluding hydrogens is 340 g/mol. The quantitative estimate of drug-likeness (QED) is 0.665. The molecule has 0 atom stereocenters. The van der Waals surface area contributed by atoms with Gasteiger partial charge in [0.15, 0.2) is 0 Å². The van der Waals surface area contributed by atoms with Gasteiger partial charge in [-0.2, -0.15) is 0 Å². The molecule has 0 radical (unpaired) electrons. The third-order valence-electron chi connectivity index (χ3n) is 5.24. The third-order valence-corrected chi connectivity index (χ3v) is 5.24. The van der Waals surface area contributed by atoms with Crippen LogP contribution in [0, 0.1) is 5.41 Å². The van der Waals surface area contributed by atoms with Gasteiger partial charge < -0.3 is 9.47 Å². The van der Waals surface area contributed by atoms with Gasteiger partial charge in [-0.15, -0.1) is 0 Å². The van der Waals surface area contributed by atoms with Crippen molar-refractivity contribution in [1.29, 1.82) is 0 Å². The predicted octanol–water partition coefficient (Wildman–Crippen LogP) is 3.70. The second kappa shape index (κ2) is 9.51. The normalized spacial score (nSPS) is 16.6. The fourth-order valence-corrected chi connectivity index (χ4v) is 3.61. The number of carbonyl (C=O) groups is 1. The number of nitrogens with zero attached hydrogens (tertiary/aromatic N) is 2. The molecule has 5 heteroatoms. The predicted molar refractivity (Wildman–Crippen MR) is 104 cm³/mol. The molecule has 1 saturated heterocycles. The number of ether oxygens (including phenoxy) is 2. The summed E-state index contributed by atoms with van der Waals surface area (Å²) in [6, 6.07) is 13.8. The van der Waals surface area contributed by atoms with Crippen molar-refractivity contribution in [1.82, 2.24) is 9.88 Å². The van der Waals surface area contributed by atoms with Crippen LogP contribution < -0.4 is 4.74 Å². The summed E-state index contributed by atoms with van der Waals surface area (Å²) >= 11 is 0. The lowest BCUT2D eigenvalue weighted by Crippen LogP contribution is -2.45. The number of rotatable bonds is 8. The van der Waals surface area contributed by atoms with Crippen LogP contribution in [-0.2, 0) is 16.1 Å². The lowest BCUT2D eigenvalue weighted by molar-refractivity contribution is -0.159. The molecule has 144 valence electrons. The number of aromatic nitrogens is 1. The van der Waals surface area contributed by atoms with Gasteiger partial charge in [-0.25, -0.2) is 0 Å². The highest BCUT2D eigenvalue weighted by Crippen LogP contribution is 2.37. The van der Waals surface area contributed by atoms with Crippen LogP contribution in [0.2, 0.25) is 0 Å². The van der Waals surface area contributed by atoms with Gasteiger partial charge in [0.25, 0.3) is 0 Å². The van der Waals surface area contributed by atoms with E-state index in [1.54, 1.807) is 6.20 Å².